The van der Waals surface area contributed by atoms with Crippen LogP contribution in [-0.2, 0) is 7.05 Å². The first-order valence-electron chi connectivity index (χ1n) is 7.54. The Hall–Kier alpha value is -1.73. The van der Waals surface area contributed by atoms with Gasteiger partial charge in [0, 0.05) is 23.2 Å². The molecule has 118 valence electrons. The van der Waals surface area contributed by atoms with Crippen LogP contribution in [0, 0.1) is 13.8 Å². The number of nitrogens with zero attached hydrogens (tertiary/aromatic N) is 3. The van der Waals surface area contributed by atoms with Crippen LogP contribution in [0.3, 0.4) is 0 Å². The van der Waals surface area contributed by atoms with Crippen molar-refractivity contribution >= 4 is 23.2 Å². The average Bonchev–Trinajstić information content (AvgIpc) is 3.04. The Labute approximate surface area is 133 Å². The number of amides is 1. The van der Waals surface area contributed by atoms with Crippen molar-refractivity contribution in [3.05, 3.63) is 27.2 Å². The number of hydrogen-bond acceptors (Lipinski definition) is 5. The zero-order valence-corrected chi connectivity index (χ0v) is 14.0. The van der Waals surface area contributed by atoms with E-state index in [4.69, 9.17) is 0 Å². The quantitative estimate of drug-likeness (QED) is 0.910. The summed E-state index contributed by atoms with van der Waals surface area (Å²) in [5.74, 6) is 1.61. The minimum Gasteiger partial charge on any atom is -0.317 e. The van der Waals surface area contributed by atoms with Gasteiger partial charge in [0.05, 0.1) is 5.56 Å². The summed E-state index contributed by atoms with van der Waals surface area (Å²) >= 11 is 1.59. The van der Waals surface area contributed by atoms with E-state index in [0.29, 0.717) is 17.4 Å². The summed E-state index contributed by atoms with van der Waals surface area (Å²) in [5.41, 5.74) is 1.75. The summed E-state index contributed by atoms with van der Waals surface area (Å²) in [6.45, 7) is 5.99. The molecule has 0 bridgehead atoms. The van der Waals surface area contributed by atoms with E-state index in [1.165, 1.54) is 4.88 Å². The zero-order chi connectivity index (χ0) is 15.7. The van der Waals surface area contributed by atoms with Gasteiger partial charge < -0.3 is 5.32 Å². The van der Waals surface area contributed by atoms with Gasteiger partial charge in [-0.05, 0) is 45.3 Å². The highest BCUT2D eigenvalue weighted by atomic mass is 32.1. The second-order valence-corrected chi connectivity index (χ2v) is 6.81. The first-order valence-corrected chi connectivity index (χ1v) is 8.42. The lowest BCUT2D eigenvalue weighted by Crippen LogP contribution is -2.27. The molecule has 7 heteroatoms. The number of rotatable bonds is 3. The lowest BCUT2D eigenvalue weighted by molar-refractivity contribution is 0.102. The molecule has 0 aliphatic carbocycles. The van der Waals surface area contributed by atoms with Gasteiger partial charge in [-0.15, -0.1) is 11.3 Å². The molecule has 3 heterocycles. The topological polar surface area (TPSA) is 71.8 Å². The van der Waals surface area contributed by atoms with Crippen molar-refractivity contribution in [2.45, 2.75) is 32.6 Å². The summed E-state index contributed by atoms with van der Waals surface area (Å²) in [7, 11) is 1.82. The van der Waals surface area contributed by atoms with Crippen LogP contribution in [-0.4, -0.2) is 33.8 Å². The van der Waals surface area contributed by atoms with Crippen LogP contribution in [0.5, 0.6) is 0 Å². The molecular formula is C15H21N5OS. The second-order valence-electron chi connectivity index (χ2n) is 5.73. The SMILES string of the molecule is Cc1scc(C(=O)Nc2nc(C3CCNCC3)nn2C)c1C. The molecule has 0 unspecified atom stereocenters. The number of carbonyl (C=O) groups excluding carboxylic acids is 1. The molecule has 3 rings (SSSR count). The van der Waals surface area contributed by atoms with Gasteiger partial charge in [-0.3, -0.25) is 10.1 Å². The molecule has 1 aliphatic heterocycles. The minimum absolute atomic E-state index is 0.116. The van der Waals surface area contributed by atoms with Gasteiger partial charge in [0.2, 0.25) is 5.95 Å². The Bertz CT molecular complexity index is 684. The summed E-state index contributed by atoms with van der Waals surface area (Å²) < 4.78 is 1.66. The number of nitrogens with one attached hydrogen (secondary N) is 2. The van der Waals surface area contributed by atoms with E-state index in [2.05, 4.69) is 20.7 Å². The zero-order valence-electron chi connectivity index (χ0n) is 13.1. The van der Waals surface area contributed by atoms with Crippen molar-refractivity contribution in [1.29, 1.82) is 0 Å². The highest BCUT2D eigenvalue weighted by molar-refractivity contribution is 7.10. The number of carbonyl (C=O) groups is 1. The Morgan fingerprint density at radius 2 is 2.14 bits per heavy atom. The van der Waals surface area contributed by atoms with Gasteiger partial charge in [0.25, 0.3) is 5.91 Å². The molecular weight excluding hydrogens is 298 g/mol. The number of hydrogen-bond donors (Lipinski definition) is 2. The molecule has 0 atom stereocenters. The van der Waals surface area contributed by atoms with Gasteiger partial charge in [-0.2, -0.15) is 10.1 Å². The summed E-state index contributed by atoms with van der Waals surface area (Å²) in [6.07, 6.45) is 2.08. The smallest absolute Gasteiger partial charge is 0.259 e. The molecule has 0 aromatic carbocycles. The number of aromatic nitrogens is 3. The molecule has 0 spiro atoms. The Morgan fingerprint density at radius 3 is 2.77 bits per heavy atom. The molecule has 6 nitrogen and oxygen atoms in total. The molecule has 2 N–H and O–H groups in total. The van der Waals surface area contributed by atoms with Crippen LogP contribution in [0.4, 0.5) is 5.95 Å². The molecule has 2 aromatic rings. The van der Waals surface area contributed by atoms with Crippen molar-refractivity contribution < 1.29 is 4.79 Å². The molecule has 2 aromatic heterocycles. The summed E-state index contributed by atoms with van der Waals surface area (Å²) in [6, 6.07) is 0. The van der Waals surface area contributed by atoms with Crippen LogP contribution in [0.2, 0.25) is 0 Å². The Balaban J connectivity index is 1.76. The fourth-order valence-corrected chi connectivity index (χ4v) is 3.54. The number of anilines is 1. The first kappa shape index (κ1) is 15.2. The lowest BCUT2D eigenvalue weighted by atomic mass is 9.98. The molecule has 1 fully saturated rings. The summed E-state index contributed by atoms with van der Waals surface area (Å²) in [5, 5.41) is 12.6. The van der Waals surface area contributed by atoms with Crippen LogP contribution in [0.15, 0.2) is 5.38 Å². The largest absolute Gasteiger partial charge is 0.317 e. The van der Waals surface area contributed by atoms with E-state index >= 15 is 0 Å². The third-order valence-electron chi connectivity index (χ3n) is 4.24. The summed E-state index contributed by atoms with van der Waals surface area (Å²) in [4.78, 5) is 18.1. The predicted octanol–water partition coefficient (Wildman–Crippen LogP) is 2.21. The predicted molar refractivity (Wildman–Crippen MR) is 87.6 cm³/mol. The van der Waals surface area contributed by atoms with E-state index < -0.39 is 0 Å². The normalized spacial score (nSPS) is 16.0. The maximum atomic E-state index is 12.4. The van der Waals surface area contributed by atoms with E-state index in [9.17, 15) is 4.79 Å². The third-order valence-corrected chi connectivity index (χ3v) is 5.25. The fraction of sp³-hybridized carbons (Fsp3) is 0.533. The van der Waals surface area contributed by atoms with Crippen molar-refractivity contribution in [3.8, 4) is 0 Å². The Kier molecular flexibility index (Phi) is 4.26. The van der Waals surface area contributed by atoms with Crippen LogP contribution >= 0.6 is 11.3 Å². The fourth-order valence-electron chi connectivity index (χ4n) is 2.67. The highest BCUT2D eigenvalue weighted by Gasteiger charge is 2.22. The van der Waals surface area contributed by atoms with E-state index in [-0.39, 0.29) is 5.91 Å². The molecule has 1 aliphatic rings. The molecule has 0 saturated carbocycles. The maximum Gasteiger partial charge on any atom is 0.259 e. The van der Waals surface area contributed by atoms with Gasteiger partial charge in [-0.1, -0.05) is 0 Å². The van der Waals surface area contributed by atoms with Crippen LogP contribution in [0.1, 0.15) is 45.4 Å². The minimum atomic E-state index is -0.116. The van der Waals surface area contributed by atoms with Gasteiger partial charge in [0.1, 0.15) is 0 Å². The van der Waals surface area contributed by atoms with Crippen LogP contribution in [0.25, 0.3) is 0 Å². The second kappa shape index (κ2) is 6.18. The molecule has 1 amide bonds. The van der Waals surface area contributed by atoms with E-state index in [1.807, 2.05) is 26.3 Å². The van der Waals surface area contributed by atoms with Crippen molar-refractivity contribution in [3.63, 3.8) is 0 Å². The highest BCUT2D eigenvalue weighted by Crippen LogP contribution is 2.24. The Morgan fingerprint density at radius 1 is 1.41 bits per heavy atom. The number of piperidine rings is 1. The lowest BCUT2D eigenvalue weighted by Gasteiger charge is -2.19. The van der Waals surface area contributed by atoms with Gasteiger partial charge >= 0.3 is 0 Å². The molecule has 0 radical (unpaired) electrons. The van der Waals surface area contributed by atoms with E-state index in [0.717, 1.165) is 37.3 Å². The standard InChI is InChI=1S/C15H21N5OS/c1-9-10(2)22-8-12(9)14(21)18-15-17-13(19-20(15)3)11-4-6-16-7-5-11/h8,11,16H,4-7H2,1-3H3,(H,17,18,19,21). The average molecular weight is 319 g/mol. The van der Waals surface area contributed by atoms with Crippen molar-refractivity contribution in [1.82, 2.24) is 20.1 Å². The molecule has 1 saturated heterocycles. The van der Waals surface area contributed by atoms with Crippen LogP contribution < -0.4 is 10.6 Å². The van der Waals surface area contributed by atoms with E-state index in [1.54, 1.807) is 16.0 Å². The van der Waals surface area contributed by atoms with Gasteiger partial charge in [0.15, 0.2) is 5.82 Å². The van der Waals surface area contributed by atoms with Gasteiger partial charge in [-0.25, -0.2) is 4.68 Å². The number of thiophene rings is 1. The molecule has 22 heavy (non-hydrogen) atoms. The monoisotopic (exact) mass is 319 g/mol. The number of aryl methyl sites for hydroxylation is 2. The first-order chi connectivity index (χ1) is 10.6. The maximum absolute atomic E-state index is 12.4. The van der Waals surface area contributed by atoms with Crippen molar-refractivity contribution in [2.24, 2.45) is 7.05 Å². The van der Waals surface area contributed by atoms with Crippen molar-refractivity contribution in [2.75, 3.05) is 18.4 Å². The third kappa shape index (κ3) is 2.91.